The predicted molar refractivity (Wildman–Crippen MR) is 96.3 cm³/mol. The summed E-state index contributed by atoms with van der Waals surface area (Å²) < 4.78 is 16.6. The van der Waals surface area contributed by atoms with Crippen molar-refractivity contribution in [3.05, 3.63) is 18.2 Å². The van der Waals surface area contributed by atoms with Crippen LogP contribution in [-0.4, -0.2) is 30.9 Å². The standard InChI is InChI=1S/C19H26N2O5/c1-12(2)10-14(21-18(23)24-3)17(22)20-13-6-7-15-16(11-13)26-19(25-15)8-4-5-9-19/h6-7,11-12,14H,4-5,8-10H2,1-3H3,(H,20,22)(H,21,23). The topological polar surface area (TPSA) is 85.9 Å². The lowest BCUT2D eigenvalue weighted by Gasteiger charge is -2.21. The summed E-state index contributed by atoms with van der Waals surface area (Å²) in [6, 6.07) is 4.68. The van der Waals surface area contributed by atoms with Gasteiger partial charge in [-0.3, -0.25) is 4.79 Å². The Kier molecular flexibility index (Phi) is 5.25. The summed E-state index contributed by atoms with van der Waals surface area (Å²) in [5.41, 5.74) is 0.604. The van der Waals surface area contributed by atoms with Crippen LogP contribution in [0.4, 0.5) is 10.5 Å². The van der Waals surface area contributed by atoms with Crippen LogP contribution in [0.1, 0.15) is 46.0 Å². The fraction of sp³-hybridized carbons (Fsp3) is 0.579. The number of fused-ring (bicyclic) bond motifs is 1. The fourth-order valence-electron chi connectivity index (χ4n) is 3.42. The van der Waals surface area contributed by atoms with Gasteiger partial charge in [0, 0.05) is 24.6 Å². The minimum Gasteiger partial charge on any atom is -0.453 e. The number of methoxy groups -OCH3 is 1. The molecule has 0 aromatic heterocycles. The number of hydrogen-bond acceptors (Lipinski definition) is 5. The molecule has 1 unspecified atom stereocenters. The van der Waals surface area contributed by atoms with Crippen molar-refractivity contribution < 1.29 is 23.8 Å². The first-order valence-electron chi connectivity index (χ1n) is 9.08. The van der Waals surface area contributed by atoms with Crippen LogP contribution in [0.5, 0.6) is 11.5 Å². The molecule has 1 aliphatic heterocycles. The Bertz CT molecular complexity index is 683. The number of alkyl carbamates (subject to hydrolysis) is 1. The maximum absolute atomic E-state index is 12.6. The molecule has 2 aliphatic rings. The second-order valence-corrected chi connectivity index (χ2v) is 7.29. The molecule has 26 heavy (non-hydrogen) atoms. The second kappa shape index (κ2) is 7.43. The first-order chi connectivity index (χ1) is 12.4. The van der Waals surface area contributed by atoms with Gasteiger partial charge >= 0.3 is 6.09 Å². The van der Waals surface area contributed by atoms with E-state index in [0.717, 1.165) is 25.7 Å². The van der Waals surface area contributed by atoms with Gasteiger partial charge in [-0.05, 0) is 37.3 Å². The number of ether oxygens (including phenoxy) is 3. The van der Waals surface area contributed by atoms with Crippen molar-refractivity contribution in [2.24, 2.45) is 5.92 Å². The van der Waals surface area contributed by atoms with Gasteiger partial charge in [0.15, 0.2) is 11.5 Å². The van der Waals surface area contributed by atoms with E-state index >= 15 is 0 Å². The van der Waals surface area contributed by atoms with E-state index in [1.807, 2.05) is 19.9 Å². The van der Waals surface area contributed by atoms with Crippen LogP contribution in [-0.2, 0) is 9.53 Å². The molecule has 1 aromatic carbocycles. The van der Waals surface area contributed by atoms with E-state index in [-0.39, 0.29) is 11.8 Å². The third kappa shape index (κ3) is 4.03. The molecule has 1 atom stereocenters. The van der Waals surface area contributed by atoms with Gasteiger partial charge in [-0.2, -0.15) is 0 Å². The predicted octanol–water partition coefficient (Wildman–Crippen LogP) is 3.44. The Hall–Kier alpha value is -2.44. The van der Waals surface area contributed by atoms with E-state index in [4.69, 9.17) is 9.47 Å². The number of carbonyl (C=O) groups is 2. The average molecular weight is 362 g/mol. The number of anilines is 1. The lowest BCUT2D eigenvalue weighted by molar-refractivity contribution is -0.118. The van der Waals surface area contributed by atoms with Crippen molar-refractivity contribution in [1.29, 1.82) is 0 Å². The maximum atomic E-state index is 12.6. The normalized spacial score (nSPS) is 18.0. The van der Waals surface area contributed by atoms with E-state index in [9.17, 15) is 9.59 Å². The first kappa shape index (κ1) is 18.4. The highest BCUT2D eigenvalue weighted by molar-refractivity contribution is 5.96. The highest BCUT2D eigenvalue weighted by Crippen LogP contribution is 2.47. The van der Waals surface area contributed by atoms with Crippen molar-refractivity contribution in [2.45, 2.75) is 57.8 Å². The van der Waals surface area contributed by atoms with E-state index in [1.54, 1.807) is 12.1 Å². The van der Waals surface area contributed by atoms with Gasteiger partial charge in [0.25, 0.3) is 5.79 Å². The molecule has 3 rings (SSSR count). The Morgan fingerprint density at radius 1 is 1.19 bits per heavy atom. The highest BCUT2D eigenvalue weighted by Gasteiger charge is 2.44. The summed E-state index contributed by atoms with van der Waals surface area (Å²) in [6.45, 7) is 3.97. The molecule has 1 saturated carbocycles. The van der Waals surface area contributed by atoms with Crippen LogP contribution in [0.15, 0.2) is 18.2 Å². The van der Waals surface area contributed by atoms with Gasteiger partial charge in [0.2, 0.25) is 5.91 Å². The molecule has 2 amide bonds. The molecule has 7 nitrogen and oxygen atoms in total. The summed E-state index contributed by atoms with van der Waals surface area (Å²) in [4.78, 5) is 24.1. The van der Waals surface area contributed by atoms with Crippen molar-refractivity contribution in [2.75, 3.05) is 12.4 Å². The second-order valence-electron chi connectivity index (χ2n) is 7.29. The highest BCUT2D eigenvalue weighted by atomic mass is 16.7. The Morgan fingerprint density at radius 3 is 2.54 bits per heavy atom. The average Bonchev–Trinajstić information content (AvgIpc) is 3.19. The lowest BCUT2D eigenvalue weighted by Crippen LogP contribution is -2.44. The number of carbonyl (C=O) groups excluding carboxylic acids is 2. The Morgan fingerprint density at radius 2 is 1.88 bits per heavy atom. The molecule has 1 spiro atoms. The SMILES string of the molecule is COC(=O)NC(CC(C)C)C(=O)Nc1ccc2c(c1)OC1(CCCC1)O2. The molecular formula is C19H26N2O5. The van der Waals surface area contributed by atoms with E-state index in [1.165, 1.54) is 7.11 Å². The third-order valence-electron chi connectivity index (χ3n) is 4.67. The summed E-state index contributed by atoms with van der Waals surface area (Å²) in [7, 11) is 1.27. The van der Waals surface area contributed by atoms with Crippen LogP contribution < -0.4 is 20.1 Å². The molecule has 0 bridgehead atoms. The zero-order valence-electron chi connectivity index (χ0n) is 15.5. The number of rotatable bonds is 5. The number of benzene rings is 1. The van der Waals surface area contributed by atoms with Gasteiger partial charge in [-0.15, -0.1) is 0 Å². The Balaban J connectivity index is 1.68. The van der Waals surface area contributed by atoms with Gasteiger partial charge in [0.05, 0.1) is 7.11 Å². The van der Waals surface area contributed by atoms with Crippen molar-refractivity contribution in [3.8, 4) is 11.5 Å². The summed E-state index contributed by atoms with van der Waals surface area (Å²) >= 11 is 0. The first-order valence-corrected chi connectivity index (χ1v) is 9.08. The quantitative estimate of drug-likeness (QED) is 0.838. The molecule has 0 radical (unpaired) electrons. The number of nitrogens with one attached hydrogen (secondary N) is 2. The molecule has 142 valence electrons. The van der Waals surface area contributed by atoms with Crippen molar-refractivity contribution >= 4 is 17.7 Å². The largest absolute Gasteiger partial charge is 0.453 e. The van der Waals surface area contributed by atoms with Crippen LogP contribution in [0.3, 0.4) is 0 Å². The molecular weight excluding hydrogens is 336 g/mol. The summed E-state index contributed by atoms with van der Waals surface area (Å²) in [6.07, 6.45) is 3.82. The number of hydrogen-bond donors (Lipinski definition) is 2. The summed E-state index contributed by atoms with van der Waals surface area (Å²) in [5.74, 6) is 0.764. The van der Waals surface area contributed by atoms with Crippen molar-refractivity contribution in [3.63, 3.8) is 0 Å². The molecule has 1 fully saturated rings. The van der Waals surface area contributed by atoms with Gasteiger partial charge in [-0.25, -0.2) is 4.79 Å². The smallest absolute Gasteiger partial charge is 0.407 e. The van der Waals surface area contributed by atoms with E-state index in [0.29, 0.717) is 23.6 Å². The van der Waals surface area contributed by atoms with Crippen LogP contribution >= 0.6 is 0 Å². The summed E-state index contributed by atoms with van der Waals surface area (Å²) in [5, 5.41) is 5.42. The van der Waals surface area contributed by atoms with Crippen LogP contribution in [0.25, 0.3) is 0 Å². The third-order valence-corrected chi connectivity index (χ3v) is 4.67. The molecule has 1 aromatic rings. The Labute approximate surface area is 153 Å². The maximum Gasteiger partial charge on any atom is 0.407 e. The monoisotopic (exact) mass is 362 g/mol. The van der Waals surface area contributed by atoms with Crippen LogP contribution in [0.2, 0.25) is 0 Å². The van der Waals surface area contributed by atoms with Gasteiger partial charge in [-0.1, -0.05) is 13.8 Å². The van der Waals surface area contributed by atoms with Crippen LogP contribution in [0, 0.1) is 5.92 Å². The molecule has 1 heterocycles. The van der Waals surface area contributed by atoms with E-state index in [2.05, 4.69) is 15.4 Å². The fourth-order valence-corrected chi connectivity index (χ4v) is 3.42. The minimum absolute atomic E-state index is 0.238. The van der Waals surface area contributed by atoms with Gasteiger partial charge < -0.3 is 24.8 Å². The zero-order chi connectivity index (χ0) is 18.7. The molecule has 7 heteroatoms. The molecule has 0 saturated heterocycles. The molecule has 2 N–H and O–H groups in total. The lowest BCUT2D eigenvalue weighted by atomic mass is 10.0. The van der Waals surface area contributed by atoms with Gasteiger partial charge in [0.1, 0.15) is 6.04 Å². The zero-order valence-corrected chi connectivity index (χ0v) is 15.5. The minimum atomic E-state index is -0.672. The van der Waals surface area contributed by atoms with Crippen molar-refractivity contribution in [1.82, 2.24) is 5.32 Å². The molecule has 1 aliphatic carbocycles. The van der Waals surface area contributed by atoms with E-state index < -0.39 is 17.9 Å². The number of amides is 2.